The summed E-state index contributed by atoms with van der Waals surface area (Å²) in [5.74, 6) is -0.413. The third kappa shape index (κ3) is 3.36. The second-order valence-corrected chi connectivity index (χ2v) is 8.35. The number of ether oxygens (including phenoxy) is 1. The van der Waals surface area contributed by atoms with Crippen molar-refractivity contribution in [1.82, 2.24) is 4.98 Å². The van der Waals surface area contributed by atoms with Gasteiger partial charge in [-0.05, 0) is 36.6 Å². The predicted molar refractivity (Wildman–Crippen MR) is 90.7 cm³/mol. The number of anilines is 1. The van der Waals surface area contributed by atoms with Crippen LogP contribution in [0.3, 0.4) is 0 Å². The van der Waals surface area contributed by atoms with E-state index in [-0.39, 0.29) is 9.34 Å². The fourth-order valence-electron chi connectivity index (χ4n) is 1.89. The lowest BCUT2D eigenvalue weighted by molar-refractivity contribution is 0.0526. The van der Waals surface area contributed by atoms with E-state index in [0.717, 1.165) is 11.3 Å². The molecule has 2 heterocycles. The number of sulfonamides is 1. The van der Waals surface area contributed by atoms with Crippen LogP contribution in [-0.4, -0.2) is 26.0 Å². The molecule has 0 fully saturated rings. The molecule has 2 aromatic heterocycles. The van der Waals surface area contributed by atoms with E-state index >= 15 is 0 Å². The van der Waals surface area contributed by atoms with Crippen LogP contribution in [0, 0.1) is 0 Å². The Bertz CT molecular complexity index is 946. The van der Waals surface area contributed by atoms with Crippen LogP contribution in [0.4, 0.5) is 5.13 Å². The van der Waals surface area contributed by atoms with Crippen molar-refractivity contribution in [2.45, 2.75) is 11.1 Å². The van der Waals surface area contributed by atoms with Gasteiger partial charge in [0.25, 0.3) is 10.0 Å². The minimum absolute atomic E-state index is 0.226. The molecule has 120 valence electrons. The number of carbonyl (C=O) groups excluding carboxylic acids is 1. The third-order valence-electron chi connectivity index (χ3n) is 2.88. The van der Waals surface area contributed by atoms with Crippen molar-refractivity contribution in [2.75, 3.05) is 11.3 Å². The molecule has 0 atom stereocenters. The smallest absolute Gasteiger partial charge is 0.338 e. The largest absolute Gasteiger partial charge is 0.462 e. The van der Waals surface area contributed by atoms with Gasteiger partial charge < -0.3 is 4.74 Å². The first-order valence-corrected chi connectivity index (χ1v) is 9.81. The Morgan fingerprint density at radius 1 is 1.35 bits per heavy atom. The fourth-order valence-corrected chi connectivity index (χ4v) is 5.02. The number of nitrogens with one attached hydrogen (secondary N) is 1. The molecule has 0 aliphatic rings. The molecule has 0 aliphatic heterocycles. The van der Waals surface area contributed by atoms with Crippen LogP contribution < -0.4 is 4.72 Å². The first-order chi connectivity index (χ1) is 11.0. The highest BCUT2D eigenvalue weighted by Gasteiger charge is 2.18. The van der Waals surface area contributed by atoms with Gasteiger partial charge in [0.2, 0.25) is 0 Å². The molecule has 0 amide bonds. The van der Waals surface area contributed by atoms with E-state index in [1.54, 1.807) is 36.6 Å². The van der Waals surface area contributed by atoms with Gasteiger partial charge >= 0.3 is 5.97 Å². The molecule has 9 heteroatoms. The van der Waals surface area contributed by atoms with Crippen LogP contribution in [0.2, 0.25) is 0 Å². The molecule has 1 aromatic carbocycles. The lowest BCUT2D eigenvalue weighted by Crippen LogP contribution is -2.10. The number of nitrogens with zero attached hydrogens (tertiary/aromatic N) is 1. The van der Waals surface area contributed by atoms with Gasteiger partial charge in [0.15, 0.2) is 5.13 Å². The molecule has 0 radical (unpaired) electrons. The highest BCUT2D eigenvalue weighted by Crippen LogP contribution is 2.29. The Hall–Kier alpha value is -1.97. The zero-order valence-electron chi connectivity index (χ0n) is 12.0. The number of fused-ring (bicyclic) bond motifs is 1. The molecule has 0 aliphatic carbocycles. The second-order valence-electron chi connectivity index (χ2n) is 4.46. The Balaban J connectivity index is 1.90. The average molecular weight is 368 g/mol. The third-order valence-corrected chi connectivity index (χ3v) is 6.68. The second kappa shape index (κ2) is 6.26. The van der Waals surface area contributed by atoms with Crippen molar-refractivity contribution < 1.29 is 17.9 Å². The van der Waals surface area contributed by atoms with Gasteiger partial charge in [-0.2, -0.15) is 0 Å². The molecule has 0 unspecified atom stereocenters. The molecular formula is C14H12N2O4S3. The topological polar surface area (TPSA) is 85.4 Å². The summed E-state index contributed by atoms with van der Waals surface area (Å²) in [5, 5.41) is 1.95. The fraction of sp³-hybridized carbons (Fsp3) is 0.143. The maximum Gasteiger partial charge on any atom is 0.338 e. The van der Waals surface area contributed by atoms with Crippen LogP contribution >= 0.6 is 22.7 Å². The standard InChI is InChI=1S/C14H12N2O4S3/c1-2-20-13(17)9-5-6-10-11(8-9)22-14(15-10)16-23(18,19)12-4-3-7-21-12/h3-8H,2H2,1H3,(H,15,16). The number of carbonyl (C=O) groups is 1. The number of aromatic nitrogens is 1. The van der Waals surface area contributed by atoms with Gasteiger partial charge in [-0.25, -0.2) is 18.2 Å². The van der Waals surface area contributed by atoms with E-state index in [4.69, 9.17) is 4.74 Å². The Labute approximate surface area is 140 Å². The normalized spacial score (nSPS) is 11.5. The maximum absolute atomic E-state index is 12.2. The summed E-state index contributed by atoms with van der Waals surface area (Å²) >= 11 is 2.30. The van der Waals surface area contributed by atoms with Gasteiger partial charge in [-0.1, -0.05) is 17.4 Å². The molecule has 3 aromatic rings. The van der Waals surface area contributed by atoms with Crippen LogP contribution in [0.15, 0.2) is 39.9 Å². The molecule has 0 spiro atoms. The maximum atomic E-state index is 12.2. The first kappa shape index (κ1) is 15.9. The average Bonchev–Trinajstić information content (AvgIpc) is 3.15. The number of thiazole rings is 1. The number of benzene rings is 1. The lowest BCUT2D eigenvalue weighted by atomic mass is 10.2. The Kier molecular flexibility index (Phi) is 4.33. The van der Waals surface area contributed by atoms with Crippen LogP contribution in [0.1, 0.15) is 17.3 Å². The van der Waals surface area contributed by atoms with Crippen LogP contribution in [-0.2, 0) is 14.8 Å². The number of esters is 1. The summed E-state index contributed by atoms with van der Waals surface area (Å²) in [6.07, 6.45) is 0. The predicted octanol–water partition coefficient (Wildman–Crippen LogP) is 3.34. The van der Waals surface area contributed by atoms with Crippen molar-refractivity contribution in [3.8, 4) is 0 Å². The van der Waals surface area contributed by atoms with Crippen molar-refractivity contribution >= 4 is 54.0 Å². The van der Waals surface area contributed by atoms with E-state index in [1.165, 1.54) is 17.4 Å². The quantitative estimate of drug-likeness (QED) is 0.698. The zero-order valence-corrected chi connectivity index (χ0v) is 14.4. The summed E-state index contributed by atoms with van der Waals surface area (Å²) in [7, 11) is -3.63. The van der Waals surface area contributed by atoms with E-state index in [9.17, 15) is 13.2 Å². The van der Waals surface area contributed by atoms with Gasteiger partial charge in [0.1, 0.15) is 4.21 Å². The molecule has 23 heavy (non-hydrogen) atoms. The minimum atomic E-state index is -3.63. The minimum Gasteiger partial charge on any atom is -0.462 e. The van der Waals surface area contributed by atoms with Crippen molar-refractivity contribution in [3.63, 3.8) is 0 Å². The molecule has 0 saturated heterocycles. The number of hydrogen-bond acceptors (Lipinski definition) is 7. The Morgan fingerprint density at radius 3 is 2.87 bits per heavy atom. The van der Waals surface area contributed by atoms with E-state index in [0.29, 0.717) is 22.4 Å². The summed E-state index contributed by atoms with van der Waals surface area (Å²) in [5.41, 5.74) is 1.03. The first-order valence-electron chi connectivity index (χ1n) is 6.63. The van der Waals surface area contributed by atoms with E-state index < -0.39 is 16.0 Å². The van der Waals surface area contributed by atoms with E-state index in [2.05, 4.69) is 9.71 Å². The summed E-state index contributed by atoms with van der Waals surface area (Å²) in [6.45, 7) is 2.03. The molecular weight excluding hydrogens is 356 g/mol. The number of thiophene rings is 1. The van der Waals surface area contributed by atoms with Gasteiger partial charge in [-0.15, -0.1) is 11.3 Å². The highest BCUT2D eigenvalue weighted by atomic mass is 32.2. The SMILES string of the molecule is CCOC(=O)c1ccc2nc(NS(=O)(=O)c3cccs3)sc2c1. The van der Waals surface area contributed by atoms with Crippen molar-refractivity contribution in [3.05, 3.63) is 41.3 Å². The summed E-state index contributed by atoms with van der Waals surface area (Å²) < 4.78 is 32.7. The molecule has 3 rings (SSSR count). The molecule has 0 saturated carbocycles. The summed E-state index contributed by atoms with van der Waals surface area (Å²) in [6, 6.07) is 8.12. The monoisotopic (exact) mass is 368 g/mol. The van der Waals surface area contributed by atoms with Gasteiger partial charge in [0.05, 0.1) is 22.4 Å². The van der Waals surface area contributed by atoms with Crippen LogP contribution in [0.5, 0.6) is 0 Å². The van der Waals surface area contributed by atoms with Crippen LogP contribution in [0.25, 0.3) is 10.2 Å². The van der Waals surface area contributed by atoms with Gasteiger partial charge in [-0.3, -0.25) is 4.72 Å². The number of rotatable bonds is 5. The van der Waals surface area contributed by atoms with Crippen molar-refractivity contribution in [1.29, 1.82) is 0 Å². The molecule has 6 nitrogen and oxygen atoms in total. The highest BCUT2D eigenvalue weighted by molar-refractivity contribution is 7.94. The lowest BCUT2D eigenvalue weighted by Gasteiger charge is -2.00. The molecule has 0 bridgehead atoms. The van der Waals surface area contributed by atoms with Gasteiger partial charge in [0, 0.05) is 0 Å². The zero-order chi connectivity index (χ0) is 16.4. The molecule has 1 N–H and O–H groups in total. The van der Waals surface area contributed by atoms with E-state index in [1.807, 2.05) is 0 Å². The van der Waals surface area contributed by atoms with Crippen molar-refractivity contribution in [2.24, 2.45) is 0 Å². The summed E-state index contributed by atoms with van der Waals surface area (Å²) in [4.78, 5) is 16.0. The number of hydrogen-bond donors (Lipinski definition) is 1. The Morgan fingerprint density at radius 2 is 2.17 bits per heavy atom.